The van der Waals surface area contributed by atoms with Crippen LogP contribution in [0.15, 0.2) is 30.5 Å². The number of carbonyl (C=O) groups is 1. The molecule has 0 aliphatic rings. The first-order valence-corrected chi connectivity index (χ1v) is 5.38. The van der Waals surface area contributed by atoms with Gasteiger partial charge in [-0.05, 0) is 18.2 Å². The number of methoxy groups -OCH3 is 2. The Morgan fingerprint density at radius 1 is 1.29 bits per heavy atom. The van der Waals surface area contributed by atoms with E-state index in [9.17, 15) is 4.79 Å². The molecule has 0 spiro atoms. The van der Waals surface area contributed by atoms with E-state index in [1.165, 1.54) is 7.11 Å². The zero-order valence-corrected chi connectivity index (χ0v) is 9.97. The molecule has 4 nitrogen and oxygen atoms in total. The standard InChI is InChI=1S/C13H15NO3/c1-16-9-10(15)8-14-7-6-11-12(14)4-3-5-13(11)17-2/h3-7H,8-9H2,1-2H3. The molecule has 1 heterocycles. The summed E-state index contributed by atoms with van der Waals surface area (Å²) >= 11 is 0. The second-order valence-electron chi connectivity index (χ2n) is 3.81. The molecule has 0 saturated heterocycles. The Balaban J connectivity index is 2.33. The van der Waals surface area contributed by atoms with Crippen molar-refractivity contribution in [2.75, 3.05) is 20.8 Å². The van der Waals surface area contributed by atoms with Crippen molar-refractivity contribution in [1.29, 1.82) is 0 Å². The lowest BCUT2D eigenvalue weighted by Gasteiger charge is -2.05. The fourth-order valence-corrected chi connectivity index (χ4v) is 1.91. The van der Waals surface area contributed by atoms with E-state index in [4.69, 9.17) is 9.47 Å². The van der Waals surface area contributed by atoms with Crippen LogP contribution in [-0.2, 0) is 16.1 Å². The first kappa shape index (κ1) is 11.7. The number of ether oxygens (including phenoxy) is 2. The lowest BCUT2D eigenvalue weighted by molar-refractivity contribution is -0.123. The highest BCUT2D eigenvalue weighted by Crippen LogP contribution is 2.26. The van der Waals surface area contributed by atoms with Gasteiger partial charge < -0.3 is 14.0 Å². The van der Waals surface area contributed by atoms with E-state index in [2.05, 4.69) is 0 Å². The van der Waals surface area contributed by atoms with Crippen molar-refractivity contribution < 1.29 is 14.3 Å². The average Bonchev–Trinajstić information content (AvgIpc) is 2.73. The summed E-state index contributed by atoms with van der Waals surface area (Å²) in [5.41, 5.74) is 0.994. The molecule has 4 heteroatoms. The monoisotopic (exact) mass is 233 g/mol. The van der Waals surface area contributed by atoms with Gasteiger partial charge in [0.05, 0.1) is 19.2 Å². The smallest absolute Gasteiger partial charge is 0.178 e. The molecular weight excluding hydrogens is 218 g/mol. The Morgan fingerprint density at radius 2 is 2.12 bits per heavy atom. The predicted molar refractivity (Wildman–Crippen MR) is 65.4 cm³/mol. The summed E-state index contributed by atoms with van der Waals surface area (Å²) in [5.74, 6) is 0.869. The lowest BCUT2D eigenvalue weighted by atomic mass is 10.2. The third-order valence-electron chi connectivity index (χ3n) is 2.65. The fourth-order valence-electron chi connectivity index (χ4n) is 1.91. The van der Waals surface area contributed by atoms with Crippen LogP contribution in [0.2, 0.25) is 0 Å². The van der Waals surface area contributed by atoms with Crippen molar-refractivity contribution in [3.05, 3.63) is 30.5 Å². The quantitative estimate of drug-likeness (QED) is 0.791. The van der Waals surface area contributed by atoms with Gasteiger partial charge in [0.2, 0.25) is 0 Å². The number of carbonyl (C=O) groups excluding carboxylic acids is 1. The zero-order chi connectivity index (χ0) is 12.3. The van der Waals surface area contributed by atoms with Crippen molar-refractivity contribution in [2.24, 2.45) is 0 Å². The summed E-state index contributed by atoms with van der Waals surface area (Å²) in [4.78, 5) is 11.5. The summed E-state index contributed by atoms with van der Waals surface area (Å²) < 4.78 is 12.0. The molecule has 0 atom stereocenters. The van der Waals surface area contributed by atoms with Crippen LogP contribution in [0.4, 0.5) is 0 Å². The minimum Gasteiger partial charge on any atom is -0.496 e. The fraction of sp³-hybridized carbons (Fsp3) is 0.308. The van der Waals surface area contributed by atoms with Gasteiger partial charge in [-0.2, -0.15) is 0 Å². The van der Waals surface area contributed by atoms with Gasteiger partial charge in [0, 0.05) is 18.7 Å². The first-order chi connectivity index (χ1) is 8.26. The molecule has 0 aliphatic carbocycles. The van der Waals surface area contributed by atoms with Crippen LogP contribution in [-0.4, -0.2) is 31.2 Å². The number of fused-ring (bicyclic) bond motifs is 1. The van der Waals surface area contributed by atoms with Crippen molar-refractivity contribution in [1.82, 2.24) is 4.57 Å². The molecule has 0 bridgehead atoms. The van der Waals surface area contributed by atoms with Gasteiger partial charge in [-0.1, -0.05) is 6.07 Å². The van der Waals surface area contributed by atoms with Crippen LogP contribution >= 0.6 is 0 Å². The molecule has 2 aromatic rings. The molecule has 0 aliphatic heterocycles. The number of benzene rings is 1. The minimum absolute atomic E-state index is 0.0489. The summed E-state index contributed by atoms with van der Waals surface area (Å²) in [5, 5.41) is 1.01. The maximum Gasteiger partial charge on any atom is 0.178 e. The van der Waals surface area contributed by atoms with Gasteiger partial charge in [0.25, 0.3) is 0 Å². The second-order valence-corrected chi connectivity index (χ2v) is 3.81. The Hall–Kier alpha value is -1.81. The van der Waals surface area contributed by atoms with E-state index in [0.717, 1.165) is 16.7 Å². The second kappa shape index (κ2) is 5.01. The normalized spacial score (nSPS) is 10.7. The van der Waals surface area contributed by atoms with Crippen LogP contribution in [0.25, 0.3) is 10.9 Å². The number of ketones is 1. The van der Waals surface area contributed by atoms with E-state index < -0.39 is 0 Å². The number of hydrogen-bond donors (Lipinski definition) is 0. The predicted octanol–water partition coefficient (Wildman–Crippen LogP) is 1.87. The number of Topliss-reactive ketones (excluding diaryl/α,β-unsaturated/α-hetero) is 1. The maximum atomic E-state index is 11.5. The maximum absolute atomic E-state index is 11.5. The van der Waals surface area contributed by atoms with Gasteiger partial charge in [0.1, 0.15) is 12.4 Å². The van der Waals surface area contributed by atoms with E-state index in [1.54, 1.807) is 7.11 Å². The van der Waals surface area contributed by atoms with E-state index in [1.807, 2.05) is 35.0 Å². The Labute approximate surface area is 99.7 Å². The molecule has 0 amide bonds. The van der Waals surface area contributed by atoms with E-state index in [0.29, 0.717) is 6.54 Å². The number of hydrogen-bond acceptors (Lipinski definition) is 3. The van der Waals surface area contributed by atoms with Crippen molar-refractivity contribution in [3.8, 4) is 5.75 Å². The van der Waals surface area contributed by atoms with Crippen LogP contribution in [0, 0.1) is 0 Å². The first-order valence-electron chi connectivity index (χ1n) is 5.38. The molecule has 0 radical (unpaired) electrons. The molecule has 17 heavy (non-hydrogen) atoms. The summed E-state index contributed by atoms with van der Waals surface area (Å²) in [6.45, 7) is 0.466. The van der Waals surface area contributed by atoms with Gasteiger partial charge in [-0.3, -0.25) is 4.79 Å². The molecule has 90 valence electrons. The molecule has 0 unspecified atom stereocenters. The number of nitrogens with zero attached hydrogens (tertiary/aromatic N) is 1. The van der Waals surface area contributed by atoms with E-state index in [-0.39, 0.29) is 12.4 Å². The van der Waals surface area contributed by atoms with Crippen LogP contribution in [0.1, 0.15) is 0 Å². The highest BCUT2D eigenvalue weighted by molar-refractivity contribution is 5.88. The zero-order valence-electron chi connectivity index (χ0n) is 9.97. The van der Waals surface area contributed by atoms with Crippen molar-refractivity contribution in [2.45, 2.75) is 6.54 Å². The van der Waals surface area contributed by atoms with Gasteiger partial charge in [-0.25, -0.2) is 0 Å². The number of aromatic nitrogens is 1. The Kier molecular flexibility index (Phi) is 3.44. The van der Waals surface area contributed by atoms with Crippen LogP contribution in [0.5, 0.6) is 5.75 Å². The Bertz CT molecular complexity index is 530. The average molecular weight is 233 g/mol. The van der Waals surface area contributed by atoms with Gasteiger partial charge in [-0.15, -0.1) is 0 Å². The lowest BCUT2D eigenvalue weighted by Crippen LogP contribution is -2.14. The third-order valence-corrected chi connectivity index (χ3v) is 2.65. The van der Waals surface area contributed by atoms with Crippen molar-refractivity contribution >= 4 is 16.7 Å². The largest absolute Gasteiger partial charge is 0.496 e. The minimum atomic E-state index is 0.0489. The molecular formula is C13H15NO3. The SMILES string of the molecule is COCC(=O)Cn1ccc2c(OC)cccc21. The Morgan fingerprint density at radius 3 is 2.82 bits per heavy atom. The highest BCUT2D eigenvalue weighted by Gasteiger charge is 2.08. The molecule has 2 rings (SSSR count). The summed E-state index contributed by atoms with van der Waals surface area (Å²) in [6, 6.07) is 7.74. The number of rotatable bonds is 5. The van der Waals surface area contributed by atoms with Crippen LogP contribution < -0.4 is 4.74 Å². The third kappa shape index (κ3) is 2.31. The van der Waals surface area contributed by atoms with Crippen LogP contribution in [0.3, 0.4) is 0 Å². The van der Waals surface area contributed by atoms with E-state index >= 15 is 0 Å². The topological polar surface area (TPSA) is 40.5 Å². The highest BCUT2D eigenvalue weighted by atomic mass is 16.5. The van der Waals surface area contributed by atoms with Gasteiger partial charge >= 0.3 is 0 Å². The molecule has 0 saturated carbocycles. The molecule has 0 fully saturated rings. The molecule has 1 aromatic heterocycles. The molecule has 1 aromatic carbocycles. The summed E-state index contributed by atoms with van der Waals surface area (Å²) in [7, 11) is 3.16. The molecule has 0 N–H and O–H groups in total. The van der Waals surface area contributed by atoms with Crippen molar-refractivity contribution in [3.63, 3.8) is 0 Å². The summed E-state index contributed by atoms with van der Waals surface area (Å²) in [6.07, 6.45) is 1.89. The van der Waals surface area contributed by atoms with Gasteiger partial charge in [0.15, 0.2) is 5.78 Å².